The number of fused-ring (bicyclic) bond motifs is 1. The lowest BCUT2D eigenvalue weighted by Crippen LogP contribution is -2.35. The molecule has 0 fully saturated rings. The Hall–Kier alpha value is -2.04. The highest BCUT2D eigenvalue weighted by Gasteiger charge is 2.08. The van der Waals surface area contributed by atoms with Crippen LogP contribution in [-0.4, -0.2) is 9.94 Å². The van der Waals surface area contributed by atoms with Crippen LogP contribution in [0.4, 0.5) is 0 Å². The Kier molecular flexibility index (Phi) is 1.45. The zero-order valence-electron chi connectivity index (χ0n) is 6.54. The summed E-state index contributed by atoms with van der Waals surface area (Å²) in [7, 11) is 0. The molecule has 1 aromatic heterocycles. The zero-order chi connectivity index (χ0) is 9.42. The molecule has 5 heteroatoms. The Labute approximate surface area is 72.6 Å². The van der Waals surface area contributed by atoms with E-state index < -0.39 is 5.56 Å². The molecular weight excluding hydrogens is 172 g/mol. The van der Waals surface area contributed by atoms with Crippen molar-refractivity contribution in [1.82, 2.24) is 4.73 Å². The van der Waals surface area contributed by atoms with Crippen LogP contribution < -0.4 is 10.3 Å². The van der Waals surface area contributed by atoms with Crippen LogP contribution in [0.5, 0.6) is 0 Å². The molecule has 0 atom stereocenters. The SMILES string of the molecule is O=c1c2ccccc2[n+]([O-])cn1O. The van der Waals surface area contributed by atoms with E-state index in [1.165, 1.54) is 12.1 Å². The molecule has 5 nitrogen and oxygen atoms in total. The molecule has 1 aromatic carbocycles. The van der Waals surface area contributed by atoms with Crippen molar-refractivity contribution in [2.75, 3.05) is 0 Å². The van der Waals surface area contributed by atoms with Gasteiger partial charge in [0.25, 0.3) is 6.33 Å². The van der Waals surface area contributed by atoms with Crippen molar-refractivity contribution in [2.45, 2.75) is 0 Å². The molecule has 13 heavy (non-hydrogen) atoms. The van der Waals surface area contributed by atoms with E-state index in [9.17, 15) is 10.0 Å². The molecule has 0 aliphatic carbocycles. The maximum atomic E-state index is 11.2. The summed E-state index contributed by atoms with van der Waals surface area (Å²) in [6.45, 7) is 0. The minimum absolute atomic E-state index is 0.197. The minimum atomic E-state index is -0.595. The van der Waals surface area contributed by atoms with Gasteiger partial charge in [-0.2, -0.15) is 0 Å². The van der Waals surface area contributed by atoms with E-state index >= 15 is 0 Å². The maximum absolute atomic E-state index is 11.2. The number of hydrogen-bond donors (Lipinski definition) is 1. The predicted molar refractivity (Wildman–Crippen MR) is 44.4 cm³/mol. The van der Waals surface area contributed by atoms with E-state index in [1.54, 1.807) is 12.1 Å². The van der Waals surface area contributed by atoms with E-state index in [1.807, 2.05) is 0 Å². The molecule has 1 N–H and O–H groups in total. The fourth-order valence-electron chi connectivity index (χ4n) is 1.18. The first-order valence-electron chi connectivity index (χ1n) is 3.63. The van der Waals surface area contributed by atoms with E-state index in [4.69, 9.17) is 5.21 Å². The van der Waals surface area contributed by atoms with E-state index in [-0.39, 0.29) is 15.6 Å². The molecule has 0 aliphatic rings. The number of aromatic nitrogens is 2. The third-order valence-corrected chi connectivity index (χ3v) is 1.79. The standard InChI is InChI=1S/C8H6N2O3/c11-8-6-3-1-2-4-7(6)9(12)5-10(8)13/h1-5,13H. The molecular formula is C8H6N2O3. The molecule has 1 heterocycles. The highest BCUT2D eigenvalue weighted by molar-refractivity contribution is 5.74. The lowest BCUT2D eigenvalue weighted by Gasteiger charge is -2.04. The van der Waals surface area contributed by atoms with Gasteiger partial charge in [0.05, 0.1) is 0 Å². The quantitative estimate of drug-likeness (QED) is 0.347. The highest BCUT2D eigenvalue weighted by atomic mass is 16.5. The molecule has 0 unspecified atom stereocenters. The summed E-state index contributed by atoms with van der Waals surface area (Å²) in [4.78, 5) is 11.2. The van der Waals surface area contributed by atoms with Crippen molar-refractivity contribution in [2.24, 2.45) is 0 Å². The van der Waals surface area contributed by atoms with Crippen molar-refractivity contribution in [3.8, 4) is 0 Å². The molecule has 2 aromatic rings. The molecule has 0 saturated carbocycles. The number of rotatable bonds is 0. The number of nitrogens with zero attached hydrogens (tertiary/aromatic N) is 2. The van der Waals surface area contributed by atoms with Gasteiger partial charge < -0.3 is 10.4 Å². The van der Waals surface area contributed by atoms with Gasteiger partial charge >= 0.3 is 5.56 Å². The van der Waals surface area contributed by atoms with Crippen LogP contribution >= 0.6 is 0 Å². The Morgan fingerprint density at radius 1 is 1.38 bits per heavy atom. The summed E-state index contributed by atoms with van der Waals surface area (Å²) in [5.41, 5.74) is -0.347. The van der Waals surface area contributed by atoms with Crippen molar-refractivity contribution in [3.05, 3.63) is 46.2 Å². The van der Waals surface area contributed by atoms with Gasteiger partial charge in [-0.1, -0.05) is 12.1 Å². The van der Waals surface area contributed by atoms with Gasteiger partial charge in [0.1, 0.15) is 10.9 Å². The molecule has 0 saturated heterocycles. The predicted octanol–water partition coefficient (Wildman–Crippen LogP) is -0.128. The third kappa shape index (κ3) is 1.01. The molecule has 0 aliphatic heterocycles. The largest absolute Gasteiger partial charge is 0.710 e. The van der Waals surface area contributed by atoms with Crippen LogP contribution in [0.15, 0.2) is 35.4 Å². The molecule has 0 radical (unpaired) electrons. The summed E-state index contributed by atoms with van der Waals surface area (Å²) in [6.07, 6.45) is 0.782. The van der Waals surface area contributed by atoms with Crippen molar-refractivity contribution < 1.29 is 9.94 Å². The van der Waals surface area contributed by atoms with Gasteiger partial charge in [-0.3, -0.25) is 0 Å². The van der Waals surface area contributed by atoms with Crippen LogP contribution in [0.3, 0.4) is 0 Å². The summed E-state index contributed by atoms with van der Waals surface area (Å²) >= 11 is 0. The Morgan fingerprint density at radius 3 is 2.85 bits per heavy atom. The summed E-state index contributed by atoms with van der Waals surface area (Å²) < 4.78 is 0.714. The first kappa shape index (κ1) is 7.60. The summed E-state index contributed by atoms with van der Waals surface area (Å²) in [5, 5.41) is 20.3. The summed E-state index contributed by atoms with van der Waals surface area (Å²) in [5.74, 6) is 0. The highest BCUT2D eigenvalue weighted by Crippen LogP contribution is 2.01. The number of hydrogen-bond acceptors (Lipinski definition) is 3. The van der Waals surface area contributed by atoms with E-state index in [0.29, 0.717) is 4.73 Å². The van der Waals surface area contributed by atoms with Gasteiger partial charge in [0.15, 0.2) is 0 Å². The Bertz CT molecular complexity index is 518. The van der Waals surface area contributed by atoms with Gasteiger partial charge in [-0.25, -0.2) is 9.52 Å². The van der Waals surface area contributed by atoms with E-state index in [0.717, 1.165) is 6.33 Å². The smallest absolute Gasteiger partial charge is 0.384 e. The molecule has 2 rings (SSSR count). The first-order chi connectivity index (χ1) is 6.20. The van der Waals surface area contributed by atoms with Crippen LogP contribution in [-0.2, 0) is 0 Å². The Balaban J connectivity index is 3.06. The van der Waals surface area contributed by atoms with Crippen LogP contribution in [0.25, 0.3) is 10.9 Å². The second kappa shape index (κ2) is 2.48. The van der Waals surface area contributed by atoms with Crippen molar-refractivity contribution >= 4 is 10.9 Å². The van der Waals surface area contributed by atoms with Gasteiger partial charge in [-0.15, -0.1) is 0 Å². The molecule has 66 valence electrons. The van der Waals surface area contributed by atoms with Crippen molar-refractivity contribution in [3.63, 3.8) is 0 Å². The average molecular weight is 178 g/mol. The summed E-state index contributed by atoms with van der Waals surface area (Å²) in [6, 6.07) is 6.28. The fourth-order valence-corrected chi connectivity index (χ4v) is 1.18. The zero-order valence-corrected chi connectivity index (χ0v) is 6.54. The number of para-hydroxylation sites is 1. The van der Waals surface area contributed by atoms with Gasteiger partial charge in [0.2, 0.25) is 0 Å². The normalized spacial score (nSPS) is 10.5. The lowest BCUT2D eigenvalue weighted by molar-refractivity contribution is -0.585. The van der Waals surface area contributed by atoms with Crippen LogP contribution in [0.1, 0.15) is 0 Å². The molecule has 0 amide bonds. The van der Waals surface area contributed by atoms with Crippen LogP contribution in [0.2, 0.25) is 0 Å². The second-order valence-electron chi connectivity index (χ2n) is 2.61. The monoisotopic (exact) mass is 178 g/mol. The number of benzene rings is 1. The van der Waals surface area contributed by atoms with E-state index in [2.05, 4.69) is 0 Å². The first-order valence-corrected chi connectivity index (χ1v) is 3.63. The average Bonchev–Trinajstić information content (AvgIpc) is 2.15. The second-order valence-corrected chi connectivity index (χ2v) is 2.61. The molecule has 0 spiro atoms. The topological polar surface area (TPSA) is 69.2 Å². The van der Waals surface area contributed by atoms with Crippen molar-refractivity contribution in [1.29, 1.82) is 0 Å². The van der Waals surface area contributed by atoms with Gasteiger partial charge in [-0.05, 0) is 16.9 Å². The maximum Gasteiger partial charge on any atom is 0.384 e. The van der Waals surface area contributed by atoms with Gasteiger partial charge in [0, 0.05) is 0 Å². The lowest BCUT2D eigenvalue weighted by atomic mass is 10.2. The minimum Gasteiger partial charge on any atom is -0.710 e. The van der Waals surface area contributed by atoms with Crippen LogP contribution in [0, 0.1) is 5.21 Å². The third-order valence-electron chi connectivity index (χ3n) is 1.79. The Morgan fingerprint density at radius 2 is 2.08 bits per heavy atom. The fraction of sp³-hybridized carbons (Fsp3) is 0. The molecule has 0 bridgehead atoms.